The summed E-state index contributed by atoms with van der Waals surface area (Å²) in [5.41, 5.74) is 1.51. The Morgan fingerprint density at radius 1 is 1.18 bits per heavy atom. The number of nitro groups is 1. The monoisotopic (exact) mass is 547 g/mol. The van der Waals surface area contributed by atoms with Crippen LogP contribution in [0.15, 0.2) is 76.0 Å². The van der Waals surface area contributed by atoms with Crippen LogP contribution in [0.2, 0.25) is 5.02 Å². The SMILES string of the molecule is CCOC(=O)c1c(-c2ccc(Cl)cc2)csc1NC(=O)C(C#N)=Cc1ccc(-c2cccc([N+](=O)[O-])c2)o1. The van der Waals surface area contributed by atoms with Crippen LogP contribution >= 0.6 is 22.9 Å². The van der Waals surface area contributed by atoms with E-state index in [0.717, 1.165) is 11.3 Å². The van der Waals surface area contributed by atoms with E-state index in [1.807, 2.05) is 6.07 Å². The largest absolute Gasteiger partial charge is 0.462 e. The lowest BCUT2D eigenvalue weighted by molar-refractivity contribution is -0.384. The van der Waals surface area contributed by atoms with Gasteiger partial charge in [-0.2, -0.15) is 5.26 Å². The van der Waals surface area contributed by atoms with Gasteiger partial charge in [0.2, 0.25) is 0 Å². The molecule has 0 saturated heterocycles. The number of non-ortho nitro benzene ring substituents is 1. The van der Waals surface area contributed by atoms with Crippen molar-refractivity contribution in [2.24, 2.45) is 0 Å². The van der Waals surface area contributed by atoms with Gasteiger partial charge in [-0.3, -0.25) is 14.9 Å². The second-order valence-electron chi connectivity index (χ2n) is 7.71. The first kappa shape index (κ1) is 26.3. The number of hydrogen-bond acceptors (Lipinski definition) is 8. The standard InChI is InChI=1S/C27H18ClN3O6S/c1-2-36-27(33)24-22(16-6-8-19(28)9-7-16)15-38-26(24)30-25(32)18(14-29)13-21-10-11-23(37-21)17-4-3-5-20(12-17)31(34)35/h3-13,15H,2H2,1H3,(H,30,32). The Bertz CT molecular complexity index is 1600. The van der Waals surface area contributed by atoms with Crippen LogP contribution in [-0.4, -0.2) is 23.4 Å². The minimum Gasteiger partial charge on any atom is -0.462 e. The molecule has 4 aromatic rings. The van der Waals surface area contributed by atoms with Gasteiger partial charge in [0.15, 0.2) is 0 Å². The van der Waals surface area contributed by atoms with E-state index in [0.29, 0.717) is 27.5 Å². The van der Waals surface area contributed by atoms with Crippen molar-refractivity contribution in [2.45, 2.75) is 6.92 Å². The van der Waals surface area contributed by atoms with E-state index in [1.165, 1.54) is 30.3 Å². The number of rotatable bonds is 8. The third-order valence-electron chi connectivity index (χ3n) is 5.27. The third kappa shape index (κ3) is 5.81. The second-order valence-corrected chi connectivity index (χ2v) is 9.03. The molecule has 0 aliphatic carbocycles. The van der Waals surface area contributed by atoms with Gasteiger partial charge in [0.05, 0.1) is 11.5 Å². The van der Waals surface area contributed by atoms with Crippen LogP contribution < -0.4 is 5.32 Å². The fourth-order valence-electron chi connectivity index (χ4n) is 3.52. The highest BCUT2D eigenvalue weighted by atomic mass is 35.5. The maximum atomic E-state index is 13.0. The van der Waals surface area contributed by atoms with Crippen molar-refractivity contribution < 1.29 is 23.7 Å². The predicted molar refractivity (Wildman–Crippen MR) is 144 cm³/mol. The summed E-state index contributed by atoms with van der Waals surface area (Å²) in [6.07, 6.45) is 1.24. The van der Waals surface area contributed by atoms with Crippen molar-refractivity contribution in [2.75, 3.05) is 11.9 Å². The van der Waals surface area contributed by atoms with Crippen LogP contribution in [0.5, 0.6) is 0 Å². The number of anilines is 1. The van der Waals surface area contributed by atoms with E-state index in [-0.39, 0.29) is 34.2 Å². The molecule has 190 valence electrons. The number of benzene rings is 2. The first-order valence-corrected chi connectivity index (χ1v) is 12.4. The van der Waals surface area contributed by atoms with E-state index >= 15 is 0 Å². The van der Waals surface area contributed by atoms with Crippen molar-refractivity contribution >= 4 is 51.6 Å². The predicted octanol–water partition coefficient (Wildman–Crippen LogP) is 6.96. The zero-order valence-corrected chi connectivity index (χ0v) is 21.3. The zero-order chi connectivity index (χ0) is 27.2. The summed E-state index contributed by atoms with van der Waals surface area (Å²) in [7, 11) is 0. The summed E-state index contributed by atoms with van der Waals surface area (Å²) in [6, 6.07) is 17.7. The molecule has 2 heterocycles. The van der Waals surface area contributed by atoms with Gasteiger partial charge >= 0.3 is 5.97 Å². The van der Waals surface area contributed by atoms with Crippen molar-refractivity contribution in [3.63, 3.8) is 0 Å². The molecule has 9 nitrogen and oxygen atoms in total. The van der Waals surface area contributed by atoms with E-state index < -0.39 is 16.8 Å². The highest BCUT2D eigenvalue weighted by Crippen LogP contribution is 2.37. The van der Waals surface area contributed by atoms with Gasteiger partial charge in [0.1, 0.15) is 33.7 Å². The second kappa shape index (κ2) is 11.6. The fraction of sp³-hybridized carbons (Fsp3) is 0.0741. The van der Waals surface area contributed by atoms with Gasteiger partial charge in [-0.25, -0.2) is 4.79 Å². The van der Waals surface area contributed by atoms with E-state index in [2.05, 4.69) is 5.32 Å². The molecule has 0 atom stereocenters. The van der Waals surface area contributed by atoms with E-state index in [9.17, 15) is 25.0 Å². The molecule has 0 unspecified atom stereocenters. The molecule has 38 heavy (non-hydrogen) atoms. The average Bonchev–Trinajstić information content (AvgIpc) is 3.55. The number of nitrogens with zero attached hydrogens (tertiary/aromatic N) is 2. The summed E-state index contributed by atoms with van der Waals surface area (Å²) >= 11 is 7.10. The van der Waals surface area contributed by atoms with Crippen LogP contribution in [0.1, 0.15) is 23.0 Å². The highest BCUT2D eigenvalue weighted by molar-refractivity contribution is 7.15. The van der Waals surface area contributed by atoms with Crippen LogP contribution in [-0.2, 0) is 9.53 Å². The molecule has 0 fully saturated rings. The molecule has 11 heteroatoms. The number of halogens is 1. The summed E-state index contributed by atoms with van der Waals surface area (Å²) in [5, 5.41) is 25.8. The number of amides is 1. The molecule has 1 amide bonds. The molecule has 0 saturated carbocycles. The lowest BCUT2D eigenvalue weighted by atomic mass is 10.0. The molecule has 0 aliphatic heterocycles. The minimum atomic E-state index is -0.754. The lowest BCUT2D eigenvalue weighted by Crippen LogP contribution is -2.16. The quantitative estimate of drug-likeness (QED) is 0.0827. The number of carbonyl (C=O) groups is 2. The van der Waals surface area contributed by atoms with Crippen molar-refractivity contribution in [3.8, 4) is 28.5 Å². The topological polar surface area (TPSA) is 135 Å². The maximum absolute atomic E-state index is 13.0. The summed E-state index contributed by atoms with van der Waals surface area (Å²) in [6.45, 7) is 1.81. The molecule has 0 spiro atoms. The number of nitrogens with one attached hydrogen (secondary N) is 1. The van der Waals surface area contributed by atoms with E-state index in [4.69, 9.17) is 20.8 Å². The smallest absolute Gasteiger partial charge is 0.341 e. The summed E-state index contributed by atoms with van der Waals surface area (Å²) in [4.78, 5) is 36.3. The fourth-order valence-corrected chi connectivity index (χ4v) is 4.60. The number of esters is 1. The molecule has 1 N–H and O–H groups in total. The molecule has 0 radical (unpaired) electrons. The van der Waals surface area contributed by atoms with Crippen LogP contribution in [0, 0.1) is 21.4 Å². The molecule has 0 aliphatic rings. The Hall–Kier alpha value is -4.72. The van der Waals surface area contributed by atoms with Crippen molar-refractivity contribution in [1.29, 1.82) is 5.26 Å². The number of hydrogen-bond donors (Lipinski definition) is 1. The van der Waals surface area contributed by atoms with Gasteiger partial charge in [0, 0.05) is 39.7 Å². The molecule has 2 aromatic heterocycles. The Morgan fingerprint density at radius 2 is 1.95 bits per heavy atom. The first-order valence-electron chi connectivity index (χ1n) is 11.1. The van der Waals surface area contributed by atoms with Gasteiger partial charge in [-0.1, -0.05) is 35.9 Å². The number of thiophene rings is 1. The number of nitriles is 1. The molecular formula is C27H18ClN3O6S. The third-order valence-corrected chi connectivity index (χ3v) is 6.42. The first-order chi connectivity index (χ1) is 18.3. The lowest BCUT2D eigenvalue weighted by Gasteiger charge is -2.08. The van der Waals surface area contributed by atoms with Gasteiger partial charge in [0.25, 0.3) is 11.6 Å². The van der Waals surface area contributed by atoms with Crippen molar-refractivity contribution in [3.05, 3.63) is 98.1 Å². The van der Waals surface area contributed by atoms with Crippen LogP contribution in [0.3, 0.4) is 0 Å². The van der Waals surface area contributed by atoms with Gasteiger partial charge < -0.3 is 14.5 Å². The van der Waals surface area contributed by atoms with Crippen LogP contribution in [0.25, 0.3) is 28.5 Å². The number of nitro benzene ring substituents is 1. The van der Waals surface area contributed by atoms with Gasteiger partial charge in [-0.15, -0.1) is 11.3 Å². The van der Waals surface area contributed by atoms with Gasteiger partial charge in [-0.05, 0) is 36.8 Å². The summed E-state index contributed by atoms with van der Waals surface area (Å²) in [5.74, 6) is -0.857. The number of ether oxygens (including phenoxy) is 1. The zero-order valence-electron chi connectivity index (χ0n) is 19.8. The minimum absolute atomic E-state index is 0.0978. The Balaban J connectivity index is 1.61. The summed E-state index contributed by atoms with van der Waals surface area (Å²) < 4.78 is 10.9. The average molecular weight is 548 g/mol. The Kier molecular flexibility index (Phi) is 8.01. The molecule has 0 bridgehead atoms. The molecule has 4 rings (SSSR count). The number of furan rings is 1. The number of carbonyl (C=O) groups excluding carboxylic acids is 2. The Labute approximate surface area is 225 Å². The maximum Gasteiger partial charge on any atom is 0.341 e. The van der Waals surface area contributed by atoms with Crippen molar-refractivity contribution in [1.82, 2.24) is 0 Å². The van der Waals surface area contributed by atoms with E-state index in [1.54, 1.807) is 48.7 Å². The molecular weight excluding hydrogens is 530 g/mol. The van der Waals surface area contributed by atoms with Crippen LogP contribution in [0.4, 0.5) is 10.7 Å². The Morgan fingerprint density at radius 3 is 2.63 bits per heavy atom. The normalized spacial score (nSPS) is 11.0. The molecule has 2 aromatic carbocycles. The highest BCUT2D eigenvalue weighted by Gasteiger charge is 2.24.